The standard InChI is InChI=1S/C10H17FO/c1-3-10(7-8-12)6-4-5-9(2)11/h3,7,9,12H,1,4-6,8H2,2H3/b10-7+. The molecule has 0 fully saturated rings. The average molecular weight is 172 g/mol. The third-order valence-corrected chi connectivity index (χ3v) is 1.68. The predicted molar refractivity (Wildman–Crippen MR) is 49.8 cm³/mol. The highest BCUT2D eigenvalue weighted by Crippen LogP contribution is 2.10. The summed E-state index contributed by atoms with van der Waals surface area (Å²) in [6.45, 7) is 5.20. The molecule has 0 spiro atoms. The summed E-state index contributed by atoms with van der Waals surface area (Å²) >= 11 is 0. The Morgan fingerprint density at radius 1 is 1.67 bits per heavy atom. The van der Waals surface area contributed by atoms with E-state index in [9.17, 15) is 4.39 Å². The Kier molecular flexibility index (Phi) is 6.67. The fourth-order valence-corrected chi connectivity index (χ4v) is 0.992. The lowest BCUT2D eigenvalue weighted by Gasteiger charge is -2.02. The molecule has 0 heterocycles. The number of aliphatic hydroxyl groups excluding tert-OH is 1. The van der Waals surface area contributed by atoms with Gasteiger partial charge in [0.05, 0.1) is 12.8 Å². The third-order valence-electron chi connectivity index (χ3n) is 1.68. The number of alkyl halides is 1. The first-order chi connectivity index (χ1) is 5.70. The lowest BCUT2D eigenvalue weighted by atomic mass is 10.1. The maximum absolute atomic E-state index is 12.3. The molecule has 0 aromatic rings. The van der Waals surface area contributed by atoms with Crippen LogP contribution in [0, 0.1) is 0 Å². The van der Waals surface area contributed by atoms with Crippen molar-refractivity contribution in [2.24, 2.45) is 0 Å². The van der Waals surface area contributed by atoms with E-state index >= 15 is 0 Å². The van der Waals surface area contributed by atoms with Crippen molar-refractivity contribution in [1.29, 1.82) is 0 Å². The third kappa shape index (κ3) is 6.10. The van der Waals surface area contributed by atoms with Gasteiger partial charge in [0, 0.05) is 0 Å². The monoisotopic (exact) mass is 172 g/mol. The fraction of sp³-hybridized carbons (Fsp3) is 0.600. The van der Waals surface area contributed by atoms with Crippen LogP contribution in [0.3, 0.4) is 0 Å². The van der Waals surface area contributed by atoms with Gasteiger partial charge in [-0.25, -0.2) is 4.39 Å². The summed E-state index contributed by atoms with van der Waals surface area (Å²) in [6.07, 6.45) is 4.88. The molecule has 0 aliphatic rings. The number of rotatable bonds is 6. The van der Waals surface area contributed by atoms with Crippen molar-refractivity contribution in [3.63, 3.8) is 0 Å². The molecule has 1 atom stereocenters. The summed E-state index contributed by atoms with van der Waals surface area (Å²) in [5, 5.41) is 8.58. The van der Waals surface area contributed by atoms with Crippen LogP contribution in [0.2, 0.25) is 0 Å². The molecule has 1 N–H and O–H groups in total. The van der Waals surface area contributed by atoms with Gasteiger partial charge in [-0.1, -0.05) is 24.3 Å². The van der Waals surface area contributed by atoms with Gasteiger partial charge in [-0.05, 0) is 26.2 Å². The van der Waals surface area contributed by atoms with Crippen molar-refractivity contribution in [3.05, 3.63) is 24.3 Å². The molecule has 0 radical (unpaired) electrons. The van der Waals surface area contributed by atoms with Crippen LogP contribution in [0.25, 0.3) is 0 Å². The zero-order valence-electron chi connectivity index (χ0n) is 7.59. The largest absolute Gasteiger partial charge is 0.392 e. The van der Waals surface area contributed by atoms with E-state index in [1.165, 1.54) is 0 Å². The molecule has 2 heteroatoms. The van der Waals surface area contributed by atoms with Crippen molar-refractivity contribution in [3.8, 4) is 0 Å². The van der Waals surface area contributed by atoms with Crippen LogP contribution in [-0.4, -0.2) is 17.9 Å². The maximum Gasteiger partial charge on any atom is 0.0973 e. The Labute approximate surface area is 73.6 Å². The second kappa shape index (κ2) is 7.04. The van der Waals surface area contributed by atoms with E-state index < -0.39 is 6.17 Å². The molecular formula is C10H17FO. The first kappa shape index (κ1) is 11.4. The smallest absolute Gasteiger partial charge is 0.0973 e. The van der Waals surface area contributed by atoms with E-state index in [4.69, 9.17) is 5.11 Å². The highest BCUT2D eigenvalue weighted by atomic mass is 19.1. The number of allylic oxidation sites excluding steroid dienone is 2. The first-order valence-corrected chi connectivity index (χ1v) is 4.27. The van der Waals surface area contributed by atoms with Crippen LogP contribution in [-0.2, 0) is 0 Å². The lowest BCUT2D eigenvalue weighted by molar-refractivity contribution is 0.333. The SMILES string of the molecule is C=C/C(=C\CO)CCCC(C)F. The molecule has 0 aromatic heterocycles. The second-order valence-electron chi connectivity index (χ2n) is 2.84. The summed E-state index contributed by atoms with van der Waals surface area (Å²) < 4.78 is 12.3. The van der Waals surface area contributed by atoms with Crippen LogP contribution in [0.4, 0.5) is 4.39 Å². The van der Waals surface area contributed by atoms with Crippen molar-refractivity contribution < 1.29 is 9.50 Å². The molecule has 0 amide bonds. The molecule has 0 saturated carbocycles. The molecule has 70 valence electrons. The van der Waals surface area contributed by atoms with Gasteiger partial charge in [-0.3, -0.25) is 0 Å². The molecule has 0 bridgehead atoms. The highest BCUT2D eigenvalue weighted by molar-refractivity contribution is 5.15. The fourth-order valence-electron chi connectivity index (χ4n) is 0.992. The molecule has 0 saturated heterocycles. The summed E-state index contributed by atoms with van der Waals surface area (Å²) in [4.78, 5) is 0. The molecular weight excluding hydrogens is 155 g/mol. The van der Waals surface area contributed by atoms with Crippen LogP contribution in [0.1, 0.15) is 26.2 Å². The van der Waals surface area contributed by atoms with Gasteiger partial charge >= 0.3 is 0 Å². The quantitative estimate of drug-likeness (QED) is 0.610. The highest BCUT2D eigenvalue weighted by Gasteiger charge is 1.98. The number of halogens is 1. The molecule has 0 rings (SSSR count). The minimum absolute atomic E-state index is 0.0343. The Morgan fingerprint density at radius 3 is 2.75 bits per heavy atom. The second-order valence-corrected chi connectivity index (χ2v) is 2.84. The maximum atomic E-state index is 12.3. The van der Waals surface area contributed by atoms with Crippen LogP contribution >= 0.6 is 0 Å². The van der Waals surface area contributed by atoms with Crippen molar-refractivity contribution in [1.82, 2.24) is 0 Å². The minimum Gasteiger partial charge on any atom is -0.392 e. The zero-order chi connectivity index (χ0) is 9.40. The predicted octanol–water partition coefficient (Wildman–Crippen LogP) is 2.62. The van der Waals surface area contributed by atoms with Crippen LogP contribution in [0.5, 0.6) is 0 Å². The normalized spacial score (nSPS) is 14.4. The summed E-state index contributed by atoms with van der Waals surface area (Å²) in [5.41, 5.74) is 0.998. The van der Waals surface area contributed by atoms with Crippen LogP contribution in [0.15, 0.2) is 24.3 Å². The summed E-state index contributed by atoms with van der Waals surface area (Å²) in [5.74, 6) is 0. The Morgan fingerprint density at radius 2 is 2.33 bits per heavy atom. The Bertz CT molecular complexity index is 150. The molecule has 1 nitrogen and oxygen atoms in total. The average Bonchev–Trinajstić information content (AvgIpc) is 2.02. The topological polar surface area (TPSA) is 20.2 Å². The number of hydrogen-bond acceptors (Lipinski definition) is 1. The summed E-state index contributed by atoms with van der Waals surface area (Å²) in [7, 11) is 0. The molecule has 0 aliphatic heterocycles. The lowest BCUT2D eigenvalue weighted by Crippen LogP contribution is -1.92. The van der Waals surface area contributed by atoms with Crippen molar-refractivity contribution >= 4 is 0 Å². The van der Waals surface area contributed by atoms with Crippen molar-refractivity contribution in [2.45, 2.75) is 32.4 Å². The minimum atomic E-state index is -0.731. The van der Waals surface area contributed by atoms with Gasteiger partial charge in [-0.15, -0.1) is 0 Å². The first-order valence-electron chi connectivity index (χ1n) is 4.27. The molecule has 0 aromatic carbocycles. The summed E-state index contributed by atoms with van der Waals surface area (Å²) in [6, 6.07) is 0. The van der Waals surface area contributed by atoms with Gasteiger partial charge in [0.2, 0.25) is 0 Å². The van der Waals surface area contributed by atoms with E-state index in [1.807, 2.05) is 0 Å². The Balaban J connectivity index is 3.59. The van der Waals surface area contributed by atoms with Gasteiger partial charge in [-0.2, -0.15) is 0 Å². The van der Waals surface area contributed by atoms with E-state index in [-0.39, 0.29) is 6.61 Å². The molecule has 12 heavy (non-hydrogen) atoms. The van der Waals surface area contributed by atoms with Gasteiger partial charge < -0.3 is 5.11 Å². The van der Waals surface area contributed by atoms with E-state index in [1.54, 1.807) is 19.1 Å². The van der Waals surface area contributed by atoms with Crippen molar-refractivity contribution in [2.75, 3.05) is 6.61 Å². The van der Waals surface area contributed by atoms with Gasteiger partial charge in [0.1, 0.15) is 0 Å². The van der Waals surface area contributed by atoms with Gasteiger partial charge in [0.25, 0.3) is 0 Å². The van der Waals surface area contributed by atoms with E-state index in [0.717, 1.165) is 18.4 Å². The van der Waals surface area contributed by atoms with E-state index in [2.05, 4.69) is 6.58 Å². The van der Waals surface area contributed by atoms with Gasteiger partial charge in [0.15, 0.2) is 0 Å². The van der Waals surface area contributed by atoms with Crippen LogP contribution < -0.4 is 0 Å². The van der Waals surface area contributed by atoms with E-state index in [0.29, 0.717) is 6.42 Å². The number of hydrogen-bond donors (Lipinski definition) is 1. The number of aliphatic hydroxyl groups is 1. The Hall–Kier alpha value is -0.630. The molecule has 1 unspecified atom stereocenters. The zero-order valence-corrected chi connectivity index (χ0v) is 7.59. The molecule has 0 aliphatic carbocycles.